The number of halogens is 1. The minimum Gasteiger partial charge on any atom is -0.480 e. The summed E-state index contributed by atoms with van der Waals surface area (Å²) in [7, 11) is 0. The normalized spacial score (nSPS) is 23.8. The van der Waals surface area contributed by atoms with Gasteiger partial charge in [0.2, 0.25) is 0 Å². The Hall–Kier alpha value is -1.46. The molecule has 3 rings (SSSR count). The third-order valence-electron chi connectivity index (χ3n) is 5.01. The van der Waals surface area contributed by atoms with Crippen LogP contribution in [0.1, 0.15) is 36.8 Å². The summed E-state index contributed by atoms with van der Waals surface area (Å²) >= 11 is 0. The molecular formula is C18H25FN2O2. The highest BCUT2D eigenvalue weighted by atomic mass is 19.1. The maximum Gasteiger partial charge on any atom is 0.317 e. The van der Waals surface area contributed by atoms with E-state index in [1.54, 1.807) is 13.0 Å². The number of hydrogen-bond acceptors (Lipinski definition) is 3. The van der Waals surface area contributed by atoms with Gasteiger partial charge in [0, 0.05) is 30.7 Å². The summed E-state index contributed by atoms with van der Waals surface area (Å²) in [5.41, 5.74) is 1.38. The van der Waals surface area contributed by atoms with E-state index in [1.165, 1.54) is 12.8 Å². The molecule has 2 aliphatic carbocycles. The Kier molecular flexibility index (Phi) is 4.97. The Labute approximate surface area is 136 Å². The lowest BCUT2D eigenvalue weighted by molar-refractivity contribution is -0.139. The minimum absolute atomic E-state index is 0.128. The van der Waals surface area contributed by atoms with Crippen LogP contribution < -0.4 is 5.32 Å². The summed E-state index contributed by atoms with van der Waals surface area (Å²) in [6.45, 7) is 3.36. The summed E-state index contributed by atoms with van der Waals surface area (Å²) in [6.07, 6.45) is 4.37. The molecule has 2 N–H and O–H groups in total. The zero-order valence-electron chi connectivity index (χ0n) is 13.6. The highest BCUT2D eigenvalue weighted by Crippen LogP contribution is 2.33. The van der Waals surface area contributed by atoms with Gasteiger partial charge in [-0.3, -0.25) is 9.69 Å². The molecule has 2 fully saturated rings. The van der Waals surface area contributed by atoms with Crippen molar-refractivity contribution < 1.29 is 14.3 Å². The largest absolute Gasteiger partial charge is 0.480 e. The Morgan fingerprint density at radius 1 is 1.39 bits per heavy atom. The number of nitrogens with zero attached hydrogens (tertiary/aromatic N) is 1. The van der Waals surface area contributed by atoms with E-state index in [9.17, 15) is 9.18 Å². The van der Waals surface area contributed by atoms with Gasteiger partial charge >= 0.3 is 5.97 Å². The molecule has 2 aliphatic rings. The molecule has 0 radical (unpaired) electrons. The van der Waals surface area contributed by atoms with Crippen LogP contribution in [0.3, 0.4) is 0 Å². The number of rotatable bonds is 8. The van der Waals surface area contributed by atoms with Crippen molar-refractivity contribution >= 4 is 5.97 Å². The highest BCUT2D eigenvalue weighted by Gasteiger charge is 2.36. The summed E-state index contributed by atoms with van der Waals surface area (Å²) in [5, 5.41) is 12.5. The first-order valence-corrected chi connectivity index (χ1v) is 8.46. The summed E-state index contributed by atoms with van der Waals surface area (Å²) < 4.78 is 14.0. The van der Waals surface area contributed by atoms with E-state index in [0.29, 0.717) is 35.7 Å². The van der Waals surface area contributed by atoms with Crippen LogP contribution in [0.25, 0.3) is 0 Å². The van der Waals surface area contributed by atoms with E-state index >= 15 is 0 Å². The predicted octanol–water partition coefficient (Wildman–Crippen LogP) is 2.55. The second-order valence-electron chi connectivity index (χ2n) is 7.02. The third-order valence-corrected chi connectivity index (χ3v) is 5.01. The first-order valence-electron chi connectivity index (χ1n) is 8.46. The van der Waals surface area contributed by atoms with Gasteiger partial charge < -0.3 is 10.4 Å². The molecule has 0 atom stereocenters. The van der Waals surface area contributed by atoms with Gasteiger partial charge in [0.05, 0.1) is 6.54 Å². The first-order chi connectivity index (χ1) is 11.0. The number of carbonyl (C=O) groups is 1. The fourth-order valence-corrected chi connectivity index (χ4v) is 3.30. The number of benzene rings is 1. The Morgan fingerprint density at radius 3 is 2.78 bits per heavy atom. The van der Waals surface area contributed by atoms with Gasteiger partial charge in [0.25, 0.3) is 0 Å². The summed E-state index contributed by atoms with van der Waals surface area (Å²) in [4.78, 5) is 13.1. The molecule has 0 heterocycles. The molecule has 4 nitrogen and oxygen atoms in total. The lowest BCUT2D eigenvalue weighted by Gasteiger charge is -2.43. The van der Waals surface area contributed by atoms with Gasteiger partial charge in [0.15, 0.2) is 0 Å². The van der Waals surface area contributed by atoms with Crippen molar-refractivity contribution in [3.8, 4) is 0 Å². The first kappa shape index (κ1) is 16.4. The van der Waals surface area contributed by atoms with Crippen LogP contribution >= 0.6 is 0 Å². The van der Waals surface area contributed by atoms with Crippen molar-refractivity contribution in [1.29, 1.82) is 0 Å². The molecule has 126 valence electrons. The highest BCUT2D eigenvalue weighted by molar-refractivity contribution is 5.69. The standard InChI is InChI=1S/C18H25FN2O2/c1-12-3-2-4-14(18(12)19)9-20-15-7-16(8-15)21(11-17(22)23)10-13-5-6-13/h2-4,13,15-16,20H,5-11H2,1H3,(H,22,23). The number of carboxylic acid groups (broad SMARTS) is 1. The number of aliphatic carboxylic acids is 1. The summed E-state index contributed by atoms with van der Waals surface area (Å²) in [5.74, 6) is -0.177. The Bertz CT molecular complexity index is 568. The van der Waals surface area contributed by atoms with Crippen LogP contribution in [0.15, 0.2) is 18.2 Å². The van der Waals surface area contributed by atoms with E-state index in [2.05, 4.69) is 10.2 Å². The van der Waals surface area contributed by atoms with E-state index in [4.69, 9.17) is 5.11 Å². The molecule has 1 aromatic carbocycles. The second kappa shape index (κ2) is 6.97. The van der Waals surface area contributed by atoms with Crippen LogP contribution in [0.5, 0.6) is 0 Å². The van der Waals surface area contributed by atoms with Gasteiger partial charge in [-0.15, -0.1) is 0 Å². The Morgan fingerprint density at radius 2 is 2.13 bits per heavy atom. The van der Waals surface area contributed by atoms with Crippen LogP contribution in [0.4, 0.5) is 4.39 Å². The third kappa shape index (κ3) is 4.30. The molecule has 23 heavy (non-hydrogen) atoms. The van der Waals surface area contributed by atoms with Gasteiger partial charge in [-0.25, -0.2) is 4.39 Å². The number of aryl methyl sites for hydroxylation is 1. The van der Waals surface area contributed by atoms with Gasteiger partial charge in [0.1, 0.15) is 5.82 Å². The van der Waals surface area contributed by atoms with Crippen molar-refractivity contribution in [2.45, 2.75) is 51.2 Å². The molecule has 0 spiro atoms. The SMILES string of the molecule is Cc1cccc(CNC2CC(N(CC(=O)O)CC3CC3)C2)c1F. The molecule has 2 saturated carbocycles. The molecular weight excluding hydrogens is 295 g/mol. The van der Waals surface area contributed by atoms with Gasteiger partial charge in [-0.1, -0.05) is 18.2 Å². The van der Waals surface area contributed by atoms with Crippen LogP contribution in [0.2, 0.25) is 0 Å². The van der Waals surface area contributed by atoms with Crippen molar-refractivity contribution in [3.05, 3.63) is 35.1 Å². The monoisotopic (exact) mass is 320 g/mol. The van der Waals surface area contributed by atoms with Crippen molar-refractivity contribution in [3.63, 3.8) is 0 Å². The molecule has 0 aromatic heterocycles. The lowest BCUT2D eigenvalue weighted by Crippen LogP contribution is -2.54. The zero-order chi connectivity index (χ0) is 16.4. The van der Waals surface area contributed by atoms with Crippen molar-refractivity contribution in [2.75, 3.05) is 13.1 Å². The smallest absolute Gasteiger partial charge is 0.317 e. The van der Waals surface area contributed by atoms with Gasteiger partial charge in [-0.05, 0) is 44.1 Å². The molecule has 0 bridgehead atoms. The lowest BCUT2D eigenvalue weighted by atomic mass is 9.85. The molecule has 0 unspecified atom stereocenters. The average Bonchev–Trinajstić information content (AvgIpc) is 3.24. The van der Waals surface area contributed by atoms with Crippen LogP contribution in [-0.4, -0.2) is 41.1 Å². The minimum atomic E-state index is -0.746. The molecule has 0 saturated heterocycles. The van der Waals surface area contributed by atoms with E-state index in [0.717, 1.165) is 19.4 Å². The van der Waals surface area contributed by atoms with Crippen molar-refractivity contribution in [2.24, 2.45) is 5.92 Å². The Balaban J connectivity index is 1.46. The fourth-order valence-electron chi connectivity index (χ4n) is 3.30. The van der Waals surface area contributed by atoms with E-state index in [1.807, 2.05) is 12.1 Å². The quantitative estimate of drug-likeness (QED) is 0.773. The molecule has 0 amide bonds. The molecule has 5 heteroatoms. The average molecular weight is 320 g/mol. The zero-order valence-corrected chi connectivity index (χ0v) is 13.6. The summed E-state index contributed by atoms with van der Waals surface area (Å²) in [6, 6.07) is 6.18. The number of hydrogen-bond donors (Lipinski definition) is 2. The number of carboxylic acids is 1. The second-order valence-corrected chi connectivity index (χ2v) is 7.02. The van der Waals surface area contributed by atoms with Crippen molar-refractivity contribution in [1.82, 2.24) is 10.2 Å². The van der Waals surface area contributed by atoms with E-state index in [-0.39, 0.29) is 12.4 Å². The number of nitrogens with one attached hydrogen (secondary N) is 1. The topological polar surface area (TPSA) is 52.6 Å². The van der Waals surface area contributed by atoms with E-state index < -0.39 is 5.97 Å². The maximum absolute atomic E-state index is 14.0. The van der Waals surface area contributed by atoms with Gasteiger partial charge in [-0.2, -0.15) is 0 Å². The predicted molar refractivity (Wildman–Crippen MR) is 86.7 cm³/mol. The molecule has 1 aromatic rings. The van der Waals surface area contributed by atoms with Crippen LogP contribution in [0, 0.1) is 18.7 Å². The fraction of sp³-hybridized carbons (Fsp3) is 0.611. The molecule has 0 aliphatic heterocycles. The van der Waals surface area contributed by atoms with Crippen LogP contribution in [-0.2, 0) is 11.3 Å². The maximum atomic E-state index is 14.0.